The van der Waals surface area contributed by atoms with E-state index in [1.165, 1.54) is 16.5 Å². The lowest BCUT2D eigenvalue weighted by Gasteiger charge is -1.98. The van der Waals surface area contributed by atoms with E-state index in [4.69, 9.17) is 10.2 Å². The van der Waals surface area contributed by atoms with Crippen LogP contribution in [0.5, 0.6) is 0 Å². The third-order valence-corrected chi connectivity index (χ3v) is 2.53. The Labute approximate surface area is 83.7 Å². The minimum Gasteiger partial charge on any atom is -0.464 e. The van der Waals surface area contributed by atoms with Crippen LogP contribution in [0.4, 0.5) is 0 Å². The molecule has 2 aromatic rings. The fraction of sp³-hybridized carbons (Fsp3) is 0.333. The van der Waals surface area contributed by atoms with Crippen molar-refractivity contribution in [2.75, 3.05) is 6.54 Å². The van der Waals surface area contributed by atoms with E-state index in [0.717, 1.165) is 25.0 Å². The zero-order valence-corrected chi connectivity index (χ0v) is 8.42. The molecule has 0 aliphatic heterocycles. The second kappa shape index (κ2) is 3.84. The van der Waals surface area contributed by atoms with Crippen molar-refractivity contribution < 1.29 is 4.42 Å². The molecule has 0 radical (unpaired) electrons. The number of nitrogens with two attached hydrogens (primary N) is 1. The van der Waals surface area contributed by atoms with Crippen LogP contribution >= 0.6 is 0 Å². The van der Waals surface area contributed by atoms with Crippen LogP contribution in [0, 0.1) is 6.92 Å². The van der Waals surface area contributed by atoms with Crippen molar-refractivity contribution in [2.45, 2.75) is 19.8 Å². The van der Waals surface area contributed by atoms with Gasteiger partial charge in [0.1, 0.15) is 5.58 Å². The number of aryl methyl sites for hydroxylation is 2. The molecule has 0 amide bonds. The van der Waals surface area contributed by atoms with E-state index in [-0.39, 0.29) is 0 Å². The molecule has 2 nitrogen and oxygen atoms in total. The van der Waals surface area contributed by atoms with E-state index >= 15 is 0 Å². The highest BCUT2D eigenvalue weighted by Crippen LogP contribution is 2.25. The first-order chi connectivity index (χ1) is 6.83. The molecular formula is C12H15NO. The number of fused-ring (bicyclic) bond motifs is 1. The molecular weight excluding hydrogens is 174 g/mol. The zero-order chi connectivity index (χ0) is 9.97. The molecule has 2 rings (SSSR count). The molecule has 14 heavy (non-hydrogen) atoms. The molecule has 0 aliphatic carbocycles. The molecule has 0 bridgehead atoms. The maximum Gasteiger partial charge on any atom is 0.134 e. The summed E-state index contributed by atoms with van der Waals surface area (Å²) in [5.41, 5.74) is 9.04. The minimum atomic E-state index is 0.735. The van der Waals surface area contributed by atoms with Gasteiger partial charge < -0.3 is 10.2 Å². The van der Waals surface area contributed by atoms with Gasteiger partial charge in [0.15, 0.2) is 0 Å². The zero-order valence-electron chi connectivity index (χ0n) is 8.42. The van der Waals surface area contributed by atoms with Crippen LogP contribution in [0.3, 0.4) is 0 Å². The lowest BCUT2D eigenvalue weighted by molar-refractivity contribution is 0.609. The Morgan fingerprint density at radius 2 is 2.21 bits per heavy atom. The molecule has 0 saturated carbocycles. The maximum atomic E-state index is 5.50. The molecule has 2 heteroatoms. The first-order valence-corrected chi connectivity index (χ1v) is 4.98. The quantitative estimate of drug-likeness (QED) is 0.806. The van der Waals surface area contributed by atoms with Crippen LogP contribution < -0.4 is 5.73 Å². The number of benzene rings is 1. The molecule has 1 aromatic heterocycles. The summed E-state index contributed by atoms with van der Waals surface area (Å²) in [5, 5.41) is 1.26. The summed E-state index contributed by atoms with van der Waals surface area (Å²) in [6.07, 6.45) is 3.88. The fourth-order valence-electron chi connectivity index (χ4n) is 1.82. The van der Waals surface area contributed by atoms with Crippen LogP contribution in [0.25, 0.3) is 11.0 Å². The lowest BCUT2D eigenvalue weighted by Crippen LogP contribution is -1.99. The highest BCUT2D eigenvalue weighted by atomic mass is 16.3. The van der Waals surface area contributed by atoms with Crippen molar-refractivity contribution in [1.29, 1.82) is 0 Å². The minimum absolute atomic E-state index is 0.735. The number of furan rings is 1. The van der Waals surface area contributed by atoms with Crippen LogP contribution in [0.2, 0.25) is 0 Å². The number of hydrogen-bond acceptors (Lipinski definition) is 2. The van der Waals surface area contributed by atoms with Gasteiger partial charge in [-0.1, -0.05) is 12.1 Å². The van der Waals surface area contributed by atoms with Crippen molar-refractivity contribution in [2.24, 2.45) is 5.73 Å². The van der Waals surface area contributed by atoms with Crippen molar-refractivity contribution in [3.63, 3.8) is 0 Å². The monoisotopic (exact) mass is 189 g/mol. The van der Waals surface area contributed by atoms with Gasteiger partial charge >= 0.3 is 0 Å². The summed E-state index contributed by atoms with van der Waals surface area (Å²) in [7, 11) is 0. The van der Waals surface area contributed by atoms with Gasteiger partial charge in [-0.25, -0.2) is 0 Å². The second-order valence-corrected chi connectivity index (χ2v) is 3.60. The largest absolute Gasteiger partial charge is 0.464 e. The Morgan fingerprint density at radius 3 is 3.00 bits per heavy atom. The number of rotatable bonds is 3. The molecule has 0 fully saturated rings. The summed E-state index contributed by atoms with van der Waals surface area (Å²) < 4.78 is 5.49. The van der Waals surface area contributed by atoms with E-state index in [9.17, 15) is 0 Å². The SMILES string of the molecule is Cc1cccc2occ(CCCN)c12. The maximum absolute atomic E-state index is 5.50. The normalized spacial score (nSPS) is 11.0. The van der Waals surface area contributed by atoms with Gasteiger partial charge in [-0.15, -0.1) is 0 Å². The predicted octanol–water partition coefficient (Wildman–Crippen LogP) is 2.63. The van der Waals surface area contributed by atoms with Crippen molar-refractivity contribution in [3.05, 3.63) is 35.6 Å². The average molecular weight is 189 g/mol. The summed E-state index contributed by atoms with van der Waals surface area (Å²) in [4.78, 5) is 0. The average Bonchev–Trinajstić information content (AvgIpc) is 2.59. The highest BCUT2D eigenvalue weighted by molar-refractivity contribution is 5.84. The summed E-state index contributed by atoms with van der Waals surface area (Å²) in [6, 6.07) is 6.14. The van der Waals surface area contributed by atoms with Gasteiger partial charge in [0.25, 0.3) is 0 Å². The lowest BCUT2D eigenvalue weighted by atomic mass is 10.0. The fourth-order valence-corrected chi connectivity index (χ4v) is 1.82. The van der Waals surface area contributed by atoms with Gasteiger partial charge in [0.05, 0.1) is 6.26 Å². The van der Waals surface area contributed by atoms with Crippen LogP contribution in [0.15, 0.2) is 28.9 Å². The molecule has 74 valence electrons. The first-order valence-electron chi connectivity index (χ1n) is 4.98. The van der Waals surface area contributed by atoms with E-state index in [2.05, 4.69) is 13.0 Å². The van der Waals surface area contributed by atoms with Crippen LogP contribution in [0.1, 0.15) is 17.5 Å². The van der Waals surface area contributed by atoms with E-state index in [0.29, 0.717) is 0 Å². The van der Waals surface area contributed by atoms with Crippen molar-refractivity contribution >= 4 is 11.0 Å². The van der Waals surface area contributed by atoms with Gasteiger partial charge in [0, 0.05) is 5.39 Å². The van der Waals surface area contributed by atoms with E-state index in [1.807, 2.05) is 18.4 Å². The smallest absolute Gasteiger partial charge is 0.134 e. The third kappa shape index (κ3) is 1.53. The Balaban J connectivity index is 2.45. The van der Waals surface area contributed by atoms with Gasteiger partial charge in [0.2, 0.25) is 0 Å². The first kappa shape index (κ1) is 9.28. The molecule has 0 atom stereocenters. The molecule has 0 unspecified atom stereocenters. The van der Waals surface area contributed by atoms with Crippen molar-refractivity contribution in [1.82, 2.24) is 0 Å². The Hall–Kier alpha value is -1.28. The second-order valence-electron chi connectivity index (χ2n) is 3.60. The third-order valence-electron chi connectivity index (χ3n) is 2.53. The summed E-state index contributed by atoms with van der Waals surface area (Å²) >= 11 is 0. The van der Waals surface area contributed by atoms with Crippen molar-refractivity contribution in [3.8, 4) is 0 Å². The molecule has 1 heterocycles. The Kier molecular flexibility index (Phi) is 2.55. The Morgan fingerprint density at radius 1 is 1.36 bits per heavy atom. The van der Waals surface area contributed by atoms with Crippen LogP contribution in [-0.2, 0) is 6.42 Å². The van der Waals surface area contributed by atoms with E-state index in [1.54, 1.807) is 0 Å². The molecule has 0 saturated heterocycles. The molecule has 0 spiro atoms. The number of hydrogen-bond donors (Lipinski definition) is 1. The van der Waals surface area contributed by atoms with Gasteiger partial charge in [-0.2, -0.15) is 0 Å². The summed E-state index contributed by atoms with van der Waals surface area (Å²) in [6.45, 7) is 2.85. The highest BCUT2D eigenvalue weighted by Gasteiger charge is 2.06. The van der Waals surface area contributed by atoms with Gasteiger partial charge in [-0.05, 0) is 43.5 Å². The summed E-state index contributed by atoms with van der Waals surface area (Å²) in [5.74, 6) is 0. The Bertz CT molecular complexity index is 431. The molecule has 1 aromatic carbocycles. The van der Waals surface area contributed by atoms with Gasteiger partial charge in [-0.3, -0.25) is 0 Å². The molecule has 2 N–H and O–H groups in total. The topological polar surface area (TPSA) is 39.2 Å². The standard InChI is InChI=1S/C12H15NO/c1-9-4-2-6-11-12(9)10(8-14-11)5-3-7-13/h2,4,6,8H,3,5,7,13H2,1H3. The van der Waals surface area contributed by atoms with Crippen LogP contribution in [-0.4, -0.2) is 6.54 Å². The van der Waals surface area contributed by atoms with E-state index < -0.39 is 0 Å². The predicted molar refractivity (Wildman–Crippen MR) is 58.3 cm³/mol. The molecule has 0 aliphatic rings.